The summed E-state index contributed by atoms with van der Waals surface area (Å²) in [6, 6.07) is 23.9. The minimum Gasteiger partial charge on any atom is -0.497 e. The van der Waals surface area contributed by atoms with Crippen molar-refractivity contribution < 1.29 is 9.53 Å². The summed E-state index contributed by atoms with van der Waals surface area (Å²) in [6.07, 6.45) is 2.38. The third kappa shape index (κ3) is 4.66. The zero-order chi connectivity index (χ0) is 20.8. The van der Waals surface area contributed by atoms with E-state index < -0.39 is 0 Å². The van der Waals surface area contributed by atoms with Crippen molar-refractivity contribution in [1.29, 1.82) is 0 Å². The lowest BCUT2D eigenvalue weighted by atomic mass is 10.2. The number of anilines is 2. The van der Waals surface area contributed by atoms with Gasteiger partial charge in [-0.25, -0.2) is 9.79 Å². The number of hydrogen-bond acceptors (Lipinski definition) is 4. The van der Waals surface area contributed by atoms with E-state index in [1.165, 1.54) is 21.2 Å². The molecule has 152 valence electrons. The number of methoxy groups -OCH3 is 1. The van der Waals surface area contributed by atoms with E-state index in [9.17, 15) is 4.79 Å². The molecule has 3 aromatic carbocycles. The van der Waals surface area contributed by atoms with Crippen LogP contribution in [0.4, 0.5) is 16.2 Å². The zero-order valence-corrected chi connectivity index (χ0v) is 17.6. The highest BCUT2D eigenvalue weighted by Crippen LogP contribution is 2.47. The van der Waals surface area contributed by atoms with Gasteiger partial charge in [-0.15, -0.1) is 0 Å². The summed E-state index contributed by atoms with van der Waals surface area (Å²) in [5.74, 6) is 0.774. The molecule has 3 aromatic rings. The standard InChI is InChI=1S/C24H23N3O2S/c1-29-19-13-11-18(12-14-19)17-26-24(28)25-15-6-16-27-20-7-2-4-9-22(20)30-23-10-5-3-8-21(23)27/h2-5,7-14,17H,6,15-16H2,1H3,(H,25,28)/b26-17+. The normalized spacial score (nSPS) is 12.4. The van der Waals surface area contributed by atoms with E-state index in [0.29, 0.717) is 6.54 Å². The van der Waals surface area contributed by atoms with Gasteiger partial charge in [0.1, 0.15) is 5.75 Å². The van der Waals surface area contributed by atoms with Crippen molar-refractivity contribution in [2.75, 3.05) is 25.1 Å². The topological polar surface area (TPSA) is 53.9 Å². The van der Waals surface area contributed by atoms with Crippen molar-refractivity contribution >= 4 is 35.4 Å². The molecule has 0 aromatic heterocycles. The Hall–Kier alpha value is -3.25. The molecule has 0 fully saturated rings. The number of aliphatic imine (C=N–C) groups is 1. The second-order valence-electron chi connectivity index (χ2n) is 6.81. The van der Waals surface area contributed by atoms with Gasteiger partial charge < -0.3 is 15.0 Å². The molecule has 0 unspecified atom stereocenters. The van der Waals surface area contributed by atoms with Crippen molar-refractivity contribution in [3.63, 3.8) is 0 Å². The first kappa shape index (κ1) is 20.0. The summed E-state index contributed by atoms with van der Waals surface area (Å²) in [4.78, 5) is 20.8. The summed E-state index contributed by atoms with van der Waals surface area (Å²) in [5, 5.41) is 2.87. The van der Waals surface area contributed by atoms with Crippen LogP contribution in [0.25, 0.3) is 0 Å². The van der Waals surface area contributed by atoms with E-state index in [1.54, 1.807) is 25.1 Å². The third-order valence-corrected chi connectivity index (χ3v) is 5.94. The number of carbonyl (C=O) groups excluding carboxylic acids is 1. The van der Waals surface area contributed by atoms with Crippen LogP contribution in [0.1, 0.15) is 12.0 Å². The molecule has 0 bridgehead atoms. The SMILES string of the molecule is COc1ccc(/C=N/C(=O)NCCCN2c3ccccc3Sc3ccccc32)cc1. The molecule has 5 nitrogen and oxygen atoms in total. The largest absolute Gasteiger partial charge is 0.497 e. The van der Waals surface area contributed by atoms with Crippen molar-refractivity contribution in [3.8, 4) is 5.75 Å². The molecule has 1 heterocycles. The fraction of sp³-hybridized carbons (Fsp3) is 0.167. The summed E-state index contributed by atoms with van der Waals surface area (Å²) < 4.78 is 5.13. The number of nitrogens with zero attached hydrogens (tertiary/aromatic N) is 2. The zero-order valence-electron chi connectivity index (χ0n) is 16.7. The maximum absolute atomic E-state index is 12.0. The number of hydrogen-bond donors (Lipinski definition) is 1. The highest BCUT2D eigenvalue weighted by molar-refractivity contribution is 7.99. The smallest absolute Gasteiger partial charge is 0.340 e. The quantitative estimate of drug-likeness (QED) is 0.424. The van der Waals surface area contributed by atoms with Crippen LogP contribution in [0.15, 0.2) is 87.6 Å². The number of benzene rings is 3. The Balaban J connectivity index is 1.32. The van der Waals surface area contributed by atoms with Crippen molar-refractivity contribution in [2.45, 2.75) is 16.2 Å². The van der Waals surface area contributed by atoms with Crippen LogP contribution in [-0.4, -0.2) is 32.4 Å². The number of amides is 2. The van der Waals surface area contributed by atoms with Crippen molar-refractivity contribution in [3.05, 3.63) is 78.4 Å². The van der Waals surface area contributed by atoms with Gasteiger partial charge in [-0.1, -0.05) is 36.0 Å². The van der Waals surface area contributed by atoms with Crippen molar-refractivity contribution in [1.82, 2.24) is 5.32 Å². The van der Waals surface area contributed by atoms with Crippen LogP contribution in [-0.2, 0) is 0 Å². The molecule has 0 radical (unpaired) electrons. The number of ether oxygens (including phenoxy) is 1. The predicted molar refractivity (Wildman–Crippen MR) is 123 cm³/mol. The van der Waals surface area contributed by atoms with Crippen LogP contribution < -0.4 is 15.0 Å². The highest BCUT2D eigenvalue weighted by Gasteiger charge is 2.22. The summed E-state index contributed by atoms with van der Waals surface area (Å²) in [6.45, 7) is 1.38. The minimum atomic E-state index is -0.333. The van der Waals surface area contributed by atoms with E-state index in [0.717, 1.165) is 24.3 Å². The molecular weight excluding hydrogens is 394 g/mol. The Morgan fingerprint density at radius 2 is 1.63 bits per heavy atom. The maximum atomic E-state index is 12.0. The molecule has 0 spiro atoms. The van der Waals surface area contributed by atoms with Gasteiger partial charge in [-0.05, 0) is 60.5 Å². The lowest BCUT2D eigenvalue weighted by molar-refractivity contribution is 0.249. The van der Waals surface area contributed by atoms with Gasteiger partial charge >= 0.3 is 6.03 Å². The van der Waals surface area contributed by atoms with Crippen molar-refractivity contribution in [2.24, 2.45) is 4.99 Å². The predicted octanol–water partition coefficient (Wildman–Crippen LogP) is 5.52. The molecule has 0 saturated heterocycles. The molecule has 1 aliphatic heterocycles. The summed E-state index contributed by atoms with van der Waals surface area (Å²) in [7, 11) is 1.62. The van der Waals surface area contributed by atoms with E-state index in [2.05, 4.69) is 63.7 Å². The van der Waals surface area contributed by atoms with Crippen LogP contribution in [0.2, 0.25) is 0 Å². The molecule has 1 N–H and O–H groups in total. The monoisotopic (exact) mass is 417 g/mol. The molecule has 1 aliphatic rings. The number of para-hydroxylation sites is 2. The second-order valence-corrected chi connectivity index (χ2v) is 7.89. The molecular formula is C24H23N3O2S. The van der Waals surface area contributed by atoms with Gasteiger partial charge in [0.25, 0.3) is 0 Å². The van der Waals surface area contributed by atoms with Crippen LogP contribution in [0.3, 0.4) is 0 Å². The van der Waals surface area contributed by atoms with Crippen LogP contribution >= 0.6 is 11.8 Å². The summed E-state index contributed by atoms with van der Waals surface area (Å²) in [5.41, 5.74) is 3.28. The van der Waals surface area contributed by atoms with Gasteiger partial charge in [0, 0.05) is 29.1 Å². The van der Waals surface area contributed by atoms with Crippen LogP contribution in [0, 0.1) is 0 Å². The minimum absolute atomic E-state index is 0.333. The average Bonchev–Trinajstić information content (AvgIpc) is 2.80. The Bertz CT molecular complexity index is 1000. The van der Waals surface area contributed by atoms with E-state index >= 15 is 0 Å². The number of urea groups is 1. The van der Waals surface area contributed by atoms with E-state index in [-0.39, 0.29) is 6.03 Å². The molecule has 0 atom stereocenters. The first-order chi connectivity index (χ1) is 14.7. The van der Waals surface area contributed by atoms with E-state index in [1.807, 2.05) is 24.3 Å². The lowest BCUT2D eigenvalue weighted by Gasteiger charge is -2.32. The first-order valence-electron chi connectivity index (χ1n) is 9.84. The number of fused-ring (bicyclic) bond motifs is 2. The molecule has 4 rings (SSSR count). The molecule has 0 saturated carbocycles. The molecule has 2 amide bonds. The molecule has 30 heavy (non-hydrogen) atoms. The van der Waals surface area contributed by atoms with Gasteiger partial charge in [0.15, 0.2) is 0 Å². The first-order valence-corrected chi connectivity index (χ1v) is 10.7. The van der Waals surface area contributed by atoms with Gasteiger partial charge in [-0.2, -0.15) is 0 Å². The highest BCUT2D eigenvalue weighted by atomic mass is 32.2. The number of nitrogens with one attached hydrogen (secondary N) is 1. The van der Waals surface area contributed by atoms with Gasteiger partial charge in [0.05, 0.1) is 18.5 Å². The van der Waals surface area contributed by atoms with E-state index in [4.69, 9.17) is 4.74 Å². The average molecular weight is 418 g/mol. The summed E-state index contributed by atoms with van der Waals surface area (Å²) >= 11 is 1.80. The third-order valence-electron chi connectivity index (χ3n) is 4.81. The lowest BCUT2D eigenvalue weighted by Crippen LogP contribution is -2.27. The Morgan fingerprint density at radius 1 is 1.00 bits per heavy atom. The van der Waals surface area contributed by atoms with Gasteiger partial charge in [-0.3, -0.25) is 0 Å². The Kier molecular flexibility index (Phi) is 6.35. The van der Waals surface area contributed by atoms with Gasteiger partial charge in [0.2, 0.25) is 0 Å². The number of carbonyl (C=O) groups is 1. The second kappa shape index (κ2) is 9.50. The van der Waals surface area contributed by atoms with Crippen LogP contribution in [0.5, 0.6) is 5.75 Å². The molecule has 6 heteroatoms. The Labute approximate surface area is 180 Å². The molecule has 0 aliphatic carbocycles. The Morgan fingerprint density at radius 3 is 2.27 bits per heavy atom. The fourth-order valence-corrected chi connectivity index (χ4v) is 4.42. The maximum Gasteiger partial charge on any atom is 0.340 e. The number of rotatable bonds is 6. The fourth-order valence-electron chi connectivity index (χ4n) is 3.32.